The third kappa shape index (κ3) is 5.17. The number of thioether (sulfide) groups is 1. The highest BCUT2D eigenvalue weighted by Gasteiger charge is 2.14. The summed E-state index contributed by atoms with van der Waals surface area (Å²) in [4.78, 5) is 15.4. The van der Waals surface area contributed by atoms with Gasteiger partial charge in [0.25, 0.3) is 0 Å². The molecule has 2 aromatic heterocycles. The number of anilines is 1. The van der Waals surface area contributed by atoms with Gasteiger partial charge in [0.2, 0.25) is 5.91 Å². The summed E-state index contributed by atoms with van der Waals surface area (Å²) >= 11 is 2.83. The van der Waals surface area contributed by atoms with Crippen LogP contribution in [-0.2, 0) is 23.7 Å². The van der Waals surface area contributed by atoms with E-state index in [4.69, 9.17) is 4.74 Å². The molecule has 0 fully saturated rings. The highest BCUT2D eigenvalue weighted by Crippen LogP contribution is 2.25. The number of nitrogens with zero attached hydrogens (tertiary/aromatic N) is 4. The van der Waals surface area contributed by atoms with Crippen molar-refractivity contribution in [2.75, 3.05) is 5.32 Å². The van der Waals surface area contributed by atoms with E-state index in [1.54, 1.807) is 24.3 Å². The Morgan fingerprint density at radius 2 is 2.25 bits per heavy atom. The Hall–Kier alpha value is -2.72. The Labute approximate surface area is 169 Å². The van der Waals surface area contributed by atoms with Crippen LogP contribution >= 0.6 is 23.1 Å². The van der Waals surface area contributed by atoms with E-state index in [1.165, 1.54) is 36.1 Å². The summed E-state index contributed by atoms with van der Waals surface area (Å²) < 4.78 is 21.1. The highest BCUT2D eigenvalue weighted by atomic mass is 32.2. The number of hydrogen-bond donors (Lipinski definition) is 1. The summed E-state index contributed by atoms with van der Waals surface area (Å²) in [5.74, 6) is 0.726. The van der Waals surface area contributed by atoms with Crippen molar-refractivity contribution in [3.63, 3.8) is 0 Å². The number of carbonyl (C=O) groups is 1. The third-order valence-electron chi connectivity index (χ3n) is 3.48. The number of allylic oxidation sites excluding steroid dienone is 1. The second-order valence-corrected chi connectivity index (χ2v) is 7.43. The van der Waals surface area contributed by atoms with Crippen LogP contribution in [-0.4, -0.2) is 25.7 Å². The number of carbonyl (C=O) groups excluding carboxylic acids is 1. The fourth-order valence-corrected chi connectivity index (χ4v) is 3.99. The van der Waals surface area contributed by atoms with Crippen LogP contribution in [0.2, 0.25) is 0 Å². The van der Waals surface area contributed by atoms with Gasteiger partial charge in [-0.15, -0.1) is 28.1 Å². The van der Waals surface area contributed by atoms with Crippen LogP contribution in [0.1, 0.15) is 18.4 Å². The standard InChI is InChI=1S/C18H18FN5O2S2/c1-3-8-24-16(9-26-15-7-5-4-6-14(15)19)22-23-18(24)28-11-13-10-27-17(21-13)20-12(2)25/h3-7,10H,1,8-9,11H2,2H3,(H,20,21,25). The van der Waals surface area contributed by atoms with E-state index in [2.05, 4.69) is 27.1 Å². The number of amides is 1. The molecule has 0 saturated carbocycles. The molecule has 1 N–H and O–H groups in total. The number of rotatable bonds is 9. The van der Waals surface area contributed by atoms with Crippen molar-refractivity contribution in [3.05, 3.63) is 59.6 Å². The predicted octanol–water partition coefficient (Wildman–Crippen LogP) is 3.89. The van der Waals surface area contributed by atoms with Crippen molar-refractivity contribution in [1.82, 2.24) is 19.7 Å². The molecule has 1 aromatic carbocycles. The topological polar surface area (TPSA) is 81.9 Å². The molecule has 0 aliphatic carbocycles. The molecule has 0 aliphatic rings. The third-order valence-corrected chi connectivity index (χ3v) is 5.29. The number of thiazole rings is 1. The first-order valence-corrected chi connectivity index (χ1v) is 10.2. The van der Waals surface area contributed by atoms with Crippen molar-refractivity contribution < 1.29 is 13.9 Å². The van der Waals surface area contributed by atoms with E-state index >= 15 is 0 Å². The Balaban J connectivity index is 1.66. The molecule has 1 amide bonds. The SMILES string of the molecule is C=CCn1c(COc2ccccc2F)nnc1SCc1csc(NC(C)=O)n1. The van der Waals surface area contributed by atoms with Crippen LogP contribution in [0.15, 0.2) is 47.5 Å². The zero-order valence-corrected chi connectivity index (χ0v) is 16.7. The molecular weight excluding hydrogens is 401 g/mol. The number of para-hydroxylation sites is 1. The van der Waals surface area contributed by atoms with Crippen LogP contribution in [0.3, 0.4) is 0 Å². The Bertz CT molecular complexity index is 973. The lowest BCUT2D eigenvalue weighted by Gasteiger charge is -2.09. The monoisotopic (exact) mass is 419 g/mol. The van der Waals surface area contributed by atoms with Gasteiger partial charge in [-0.1, -0.05) is 30.0 Å². The van der Waals surface area contributed by atoms with Gasteiger partial charge in [0, 0.05) is 24.6 Å². The van der Waals surface area contributed by atoms with E-state index in [-0.39, 0.29) is 18.3 Å². The van der Waals surface area contributed by atoms with Gasteiger partial charge in [-0.25, -0.2) is 9.37 Å². The summed E-state index contributed by atoms with van der Waals surface area (Å²) in [6.07, 6.45) is 1.73. The van der Waals surface area contributed by atoms with Crippen molar-refractivity contribution in [2.24, 2.45) is 0 Å². The average molecular weight is 420 g/mol. The normalized spacial score (nSPS) is 10.6. The molecule has 0 radical (unpaired) electrons. The molecule has 2 heterocycles. The summed E-state index contributed by atoms with van der Waals surface area (Å²) in [6.45, 7) is 5.79. The summed E-state index contributed by atoms with van der Waals surface area (Å²) in [6, 6.07) is 6.21. The fourth-order valence-electron chi connectivity index (χ4n) is 2.27. The number of aromatic nitrogens is 4. The molecule has 0 bridgehead atoms. The number of benzene rings is 1. The predicted molar refractivity (Wildman–Crippen MR) is 107 cm³/mol. The molecule has 3 aromatic rings. The van der Waals surface area contributed by atoms with Crippen LogP contribution in [0, 0.1) is 5.82 Å². The smallest absolute Gasteiger partial charge is 0.223 e. The van der Waals surface area contributed by atoms with Gasteiger partial charge in [0.15, 0.2) is 27.7 Å². The fraction of sp³-hybridized carbons (Fsp3) is 0.222. The molecule has 3 rings (SSSR count). The summed E-state index contributed by atoms with van der Waals surface area (Å²) in [5.41, 5.74) is 0.830. The van der Waals surface area contributed by atoms with Crippen molar-refractivity contribution in [2.45, 2.75) is 31.0 Å². The molecule has 28 heavy (non-hydrogen) atoms. The Morgan fingerprint density at radius 3 is 3.00 bits per heavy atom. The second-order valence-electron chi connectivity index (χ2n) is 5.63. The summed E-state index contributed by atoms with van der Waals surface area (Å²) in [5, 5.41) is 14.1. The summed E-state index contributed by atoms with van der Waals surface area (Å²) in [7, 11) is 0. The lowest BCUT2D eigenvalue weighted by molar-refractivity contribution is -0.114. The van der Waals surface area contributed by atoms with E-state index < -0.39 is 5.82 Å². The van der Waals surface area contributed by atoms with Gasteiger partial charge >= 0.3 is 0 Å². The van der Waals surface area contributed by atoms with Gasteiger partial charge in [-0.2, -0.15) is 0 Å². The number of nitrogens with one attached hydrogen (secondary N) is 1. The molecule has 10 heteroatoms. The lowest BCUT2D eigenvalue weighted by atomic mass is 10.3. The molecular formula is C18H18FN5O2S2. The molecule has 7 nitrogen and oxygen atoms in total. The molecule has 146 valence electrons. The van der Waals surface area contributed by atoms with Crippen molar-refractivity contribution >= 4 is 34.1 Å². The maximum Gasteiger partial charge on any atom is 0.223 e. The largest absolute Gasteiger partial charge is 0.483 e. The van der Waals surface area contributed by atoms with E-state index in [0.717, 1.165) is 5.69 Å². The molecule has 0 saturated heterocycles. The second kappa shape index (κ2) is 9.47. The van der Waals surface area contributed by atoms with Gasteiger partial charge in [0.1, 0.15) is 6.61 Å². The van der Waals surface area contributed by atoms with E-state index in [9.17, 15) is 9.18 Å². The van der Waals surface area contributed by atoms with Gasteiger partial charge in [0.05, 0.1) is 5.69 Å². The molecule has 0 unspecified atom stereocenters. The lowest BCUT2D eigenvalue weighted by Crippen LogP contribution is -2.08. The molecule has 0 atom stereocenters. The first kappa shape index (κ1) is 20.0. The number of halogens is 1. The first-order valence-electron chi connectivity index (χ1n) is 8.32. The Morgan fingerprint density at radius 1 is 1.43 bits per heavy atom. The quantitative estimate of drug-likeness (QED) is 0.419. The van der Waals surface area contributed by atoms with Crippen molar-refractivity contribution in [1.29, 1.82) is 0 Å². The zero-order chi connectivity index (χ0) is 19.9. The van der Waals surface area contributed by atoms with Gasteiger partial charge in [-0.3, -0.25) is 9.36 Å². The van der Waals surface area contributed by atoms with Crippen LogP contribution in [0.5, 0.6) is 5.75 Å². The average Bonchev–Trinajstić information content (AvgIpc) is 3.26. The van der Waals surface area contributed by atoms with Gasteiger partial charge < -0.3 is 10.1 Å². The first-order chi connectivity index (χ1) is 13.6. The van der Waals surface area contributed by atoms with Crippen LogP contribution in [0.4, 0.5) is 9.52 Å². The van der Waals surface area contributed by atoms with Crippen molar-refractivity contribution in [3.8, 4) is 5.75 Å². The number of ether oxygens (including phenoxy) is 1. The Kier molecular flexibility index (Phi) is 6.77. The van der Waals surface area contributed by atoms with Gasteiger partial charge in [-0.05, 0) is 12.1 Å². The van der Waals surface area contributed by atoms with Crippen LogP contribution in [0.25, 0.3) is 0 Å². The minimum Gasteiger partial charge on any atom is -0.483 e. The van der Waals surface area contributed by atoms with E-state index in [1.807, 2.05) is 9.95 Å². The minimum atomic E-state index is -0.426. The maximum absolute atomic E-state index is 13.7. The molecule has 0 aliphatic heterocycles. The molecule has 0 spiro atoms. The number of hydrogen-bond acceptors (Lipinski definition) is 7. The van der Waals surface area contributed by atoms with E-state index in [0.29, 0.717) is 28.4 Å². The van der Waals surface area contributed by atoms with Crippen LogP contribution < -0.4 is 10.1 Å². The zero-order valence-electron chi connectivity index (χ0n) is 15.1. The highest BCUT2D eigenvalue weighted by molar-refractivity contribution is 7.98. The maximum atomic E-state index is 13.7. The minimum absolute atomic E-state index is 0.0890.